The molecule has 2 heterocycles. The van der Waals surface area contributed by atoms with E-state index in [1.54, 1.807) is 0 Å². The Bertz CT molecular complexity index is 820. The predicted octanol–water partition coefficient (Wildman–Crippen LogP) is 3.71. The van der Waals surface area contributed by atoms with Crippen LogP contribution in [0.2, 0.25) is 5.02 Å². The fourth-order valence-corrected chi connectivity index (χ4v) is 2.90. The van der Waals surface area contributed by atoms with Crippen LogP contribution in [-0.4, -0.2) is 19.3 Å². The molecule has 0 saturated carbocycles. The van der Waals surface area contributed by atoms with E-state index in [9.17, 15) is 0 Å². The van der Waals surface area contributed by atoms with Crippen LogP contribution in [0.15, 0.2) is 22.7 Å². The third-order valence-corrected chi connectivity index (χ3v) is 4.61. The lowest BCUT2D eigenvalue weighted by Crippen LogP contribution is -2.05. The summed E-state index contributed by atoms with van der Waals surface area (Å²) in [6, 6.07) is 5.70. The summed E-state index contributed by atoms with van der Waals surface area (Å²) in [4.78, 5) is 4.48. The summed E-state index contributed by atoms with van der Waals surface area (Å²) in [7, 11) is 1.90. The number of aromatic nitrogens is 4. The Balaban J connectivity index is 2.27. The summed E-state index contributed by atoms with van der Waals surface area (Å²) in [5.41, 5.74) is 9.69. The third-order valence-electron chi connectivity index (χ3n) is 3.38. The average Bonchev–Trinajstić information content (AvgIpc) is 2.92. The minimum absolute atomic E-state index is 0.439. The normalized spacial score (nSPS) is 11.4. The Labute approximate surface area is 135 Å². The Morgan fingerprint density at radius 2 is 2.14 bits per heavy atom. The average molecular weight is 369 g/mol. The number of hydrogen-bond acceptors (Lipinski definition) is 3. The van der Waals surface area contributed by atoms with Crippen LogP contribution < -0.4 is 5.73 Å². The minimum Gasteiger partial charge on any atom is -0.369 e. The third kappa shape index (κ3) is 2.32. The summed E-state index contributed by atoms with van der Waals surface area (Å²) < 4.78 is 4.54. The van der Waals surface area contributed by atoms with Crippen LogP contribution in [-0.2, 0) is 13.5 Å². The molecule has 0 atom stereocenters. The van der Waals surface area contributed by atoms with E-state index < -0.39 is 0 Å². The zero-order chi connectivity index (χ0) is 15.1. The molecule has 0 amide bonds. The molecule has 110 valence electrons. The molecule has 7 heteroatoms. The quantitative estimate of drug-likeness (QED) is 0.766. The van der Waals surface area contributed by atoms with Crippen LogP contribution in [0.5, 0.6) is 0 Å². The maximum atomic E-state index is 6.19. The van der Waals surface area contributed by atoms with Crippen LogP contribution in [0, 0.1) is 0 Å². The zero-order valence-corrected chi connectivity index (χ0v) is 14.1. The molecule has 1 aromatic carbocycles. The molecule has 0 unspecified atom stereocenters. The fourth-order valence-electron chi connectivity index (χ4n) is 2.48. The fraction of sp³-hybridized carbons (Fsp3) is 0.286. The summed E-state index contributed by atoms with van der Waals surface area (Å²) in [5.74, 6) is 0.439. The Kier molecular flexibility index (Phi) is 3.67. The van der Waals surface area contributed by atoms with Crippen molar-refractivity contribution in [2.24, 2.45) is 7.05 Å². The number of benzene rings is 1. The van der Waals surface area contributed by atoms with E-state index in [-0.39, 0.29) is 0 Å². The number of aryl methyl sites for hydroxylation is 2. The molecule has 0 radical (unpaired) electrons. The number of nitrogens with zero attached hydrogens (tertiary/aromatic N) is 4. The van der Waals surface area contributed by atoms with Gasteiger partial charge in [0, 0.05) is 11.5 Å². The molecule has 0 aliphatic carbocycles. The van der Waals surface area contributed by atoms with Crippen molar-refractivity contribution >= 4 is 44.6 Å². The molecule has 21 heavy (non-hydrogen) atoms. The summed E-state index contributed by atoms with van der Waals surface area (Å²) in [5, 5.41) is 5.17. The maximum Gasteiger partial charge on any atom is 0.207 e. The van der Waals surface area contributed by atoms with Gasteiger partial charge in [-0.15, -0.1) is 0 Å². The van der Waals surface area contributed by atoms with Gasteiger partial charge in [-0.2, -0.15) is 5.10 Å². The van der Waals surface area contributed by atoms with Crippen molar-refractivity contribution in [1.29, 1.82) is 0 Å². The van der Waals surface area contributed by atoms with Gasteiger partial charge in [-0.25, -0.2) is 9.67 Å². The molecule has 0 spiro atoms. The molecule has 3 aromatic rings. The first kappa shape index (κ1) is 14.4. The SMILES string of the molecule is CCCc1nn(C)c2c1nc(N)n2-c1ccc(Br)c(Cl)c1. The Morgan fingerprint density at radius 3 is 2.81 bits per heavy atom. The summed E-state index contributed by atoms with van der Waals surface area (Å²) in [6.07, 6.45) is 1.90. The molecule has 0 saturated heterocycles. The molecule has 0 aliphatic heterocycles. The second kappa shape index (κ2) is 5.35. The first-order valence-electron chi connectivity index (χ1n) is 6.68. The van der Waals surface area contributed by atoms with Gasteiger partial charge < -0.3 is 5.73 Å². The van der Waals surface area contributed by atoms with Gasteiger partial charge in [0.25, 0.3) is 0 Å². The van der Waals surface area contributed by atoms with Crippen LogP contribution in [0.4, 0.5) is 5.95 Å². The van der Waals surface area contributed by atoms with Gasteiger partial charge in [0.15, 0.2) is 5.65 Å². The smallest absolute Gasteiger partial charge is 0.207 e. The van der Waals surface area contributed by atoms with Gasteiger partial charge in [0.2, 0.25) is 5.95 Å². The molecule has 2 aromatic heterocycles. The van der Waals surface area contributed by atoms with E-state index in [0.717, 1.165) is 39.9 Å². The van der Waals surface area contributed by atoms with Gasteiger partial charge >= 0.3 is 0 Å². The van der Waals surface area contributed by atoms with Crippen LogP contribution in [0.25, 0.3) is 16.9 Å². The molecular weight excluding hydrogens is 354 g/mol. The molecule has 0 aliphatic rings. The number of halogens is 2. The number of rotatable bonds is 3. The molecule has 3 rings (SSSR count). The lowest BCUT2D eigenvalue weighted by molar-refractivity contribution is 0.738. The minimum atomic E-state index is 0.439. The van der Waals surface area contributed by atoms with Crippen molar-refractivity contribution < 1.29 is 0 Å². The van der Waals surface area contributed by atoms with E-state index in [1.165, 1.54) is 0 Å². The van der Waals surface area contributed by atoms with Crippen LogP contribution in [0.1, 0.15) is 19.0 Å². The van der Waals surface area contributed by atoms with E-state index in [2.05, 4.69) is 32.9 Å². The van der Waals surface area contributed by atoms with Crippen molar-refractivity contribution in [3.05, 3.63) is 33.4 Å². The number of fused-ring (bicyclic) bond motifs is 1. The van der Waals surface area contributed by atoms with Crippen LogP contribution in [0.3, 0.4) is 0 Å². The Hall–Kier alpha value is -1.53. The van der Waals surface area contributed by atoms with E-state index >= 15 is 0 Å². The largest absolute Gasteiger partial charge is 0.369 e. The molecule has 5 nitrogen and oxygen atoms in total. The van der Waals surface area contributed by atoms with Gasteiger partial charge in [-0.05, 0) is 40.5 Å². The number of nitrogen functional groups attached to an aromatic ring is 1. The topological polar surface area (TPSA) is 61.7 Å². The monoisotopic (exact) mass is 367 g/mol. The molecular formula is C14H15BrClN5. The van der Waals surface area contributed by atoms with Gasteiger partial charge in [-0.3, -0.25) is 4.57 Å². The molecule has 2 N–H and O–H groups in total. The number of hydrogen-bond donors (Lipinski definition) is 1. The van der Waals surface area contributed by atoms with Crippen molar-refractivity contribution in [2.75, 3.05) is 5.73 Å². The summed E-state index contributed by atoms with van der Waals surface area (Å²) >= 11 is 9.58. The second-order valence-electron chi connectivity index (χ2n) is 4.90. The highest BCUT2D eigenvalue weighted by atomic mass is 79.9. The predicted molar refractivity (Wildman–Crippen MR) is 89.0 cm³/mol. The lowest BCUT2D eigenvalue weighted by atomic mass is 10.2. The second-order valence-corrected chi connectivity index (χ2v) is 6.16. The summed E-state index contributed by atoms with van der Waals surface area (Å²) in [6.45, 7) is 2.12. The zero-order valence-electron chi connectivity index (χ0n) is 11.8. The van der Waals surface area contributed by atoms with Gasteiger partial charge in [0.05, 0.1) is 16.4 Å². The Morgan fingerprint density at radius 1 is 1.38 bits per heavy atom. The highest BCUT2D eigenvalue weighted by molar-refractivity contribution is 9.10. The number of nitrogens with two attached hydrogens (primary N) is 1. The highest BCUT2D eigenvalue weighted by Gasteiger charge is 2.18. The first-order valence-corrected chi connectivity index (χ1v) is 7.85. The standard InChI is InChI=1S/C14H15BrClN5/c1-3-4-11-12-13(20(2)19-11)21(14(17)18-12)8-5-6-9(15)10(16)7-8/h5-7H,3-4H2,1-2H3,(H2,17,18). The maximum absolute atomic E-state index is 6.19. The molecule has 0 fully saturated rings. The first-order chi connectivity index (χ1) is 10.0. The highest BCUT2D eigenvalue weighted by Crippen LogP contribution is 2.30. The van der Waals surface area contributed by atoms with Gasteiger partial charge in [0.1, 0.15) is 5.52 Å². The lowest BCUT2D eigenvalue weighted by Gasteiger charge is -2.08. The number of imidazole rings is 1. The van der Waals surface area contributed by atoms with Crippen molar-refractivity contribution in [2.45, 2.75) is 19.8 Å². The van der Waals surface area contributed by atoms with Crippen molar-refractivity contribution in [3.8, 4) is 5.69 Å². The van der Waals surface area contributed by atoms with E-state index in [0.29, 0.717) is 11.0 Å². The van der Waals surface area contributed by atoms with Gasteiger partial charge in [-0.1, -0.05) is 24.9 Å². The van der Waals surface area contributed by atoms with E-state index in [4.69, 9.17) is 17.3 Å². The van der Waals surface area contributed by atoms with Crippen molar-refractivity contribution in [3.63, 3.8) is 0 Å². The van der Waals surface area contributed by atoms with Crippen LogP contribution >= 0.6 is 27.5 Å². The van der Waals surface area contributed by atoms with Crippen molar-refractivity contribution in [1.82, 2.24) is 19.3 Å². The number of anilines is 1. The van der Waals surface area contributed by atoms with E-state index in [1.807, 2.05) is 34.5 Å². The molecule has 0 bridgehead atoms.